The van der Waals surface area contributed by atoms with E-state index in [2.05, 4.69) is 54.2 Å². The molecule has 1 N–H and O–H groups in total. The summed E-state index contributed by atoms with van der Waals surface area (Å²) in [6, 6.07) is 5.05. The zero-order valence-electron chi connectivity index (χ0n) is 13.5. The molecule has 21 heavy (non-hydrogen) atoms. The Morgan fingerprint density at radius 1 is 1.33 bits per heavy atom. The molecule has 0 radical (unpaired) electrons. The van der Waals surface area contributed by atoms with Crippen LogP contribution in [0.1, 0.15) is 51.2 Å². The maximum atomic E-state index is 5.84. The molecule has 0 saturated carbocycles. The van der Waals surface area contributed by atoms with Gasteiger partial charge in [0.2, 0.25) is 0 Å². The van der Waals surface area contributed by atoms with Crippen molar-refractivity contribution in [2.24, 2.45) is 5.92 Å². The molecule has 1 atom stereocenters. The van der Waals surface area contributed by atoms with Crippen LogP contribution in [-0.4, -0.2) is 19.2 Å². The predicted octanol–water partition coefficient (Wildman–Crippen LogP) is 4.73. The maximum absolute atomic E-state index is 5.84. The highest BCUT2D eigenvalue weighted by atomic mass is 79.9. The first-order chi connectivity index (χ1) is 10.1. The van der Waals surface area contributed by atoms with Gasteiger partial charge in [-0.1, -0.05) is 36.7 Å². The van der Waals surface area contributed by atoms with Crippen LogP contribution in [0.15, 0.2) is 16.6 Å². The minimum Gasteiger partial charge on any atom is -0.493 e. The van der Waals surface area contributed by atoms with E-state index in [-0.39, 0.29) is 0 Å². The third-order valence-corrected chi connectivity index (χ3v) is 4.48. The number of ether oxygens (including phenoxy) is 1. The molecular weight excluding hydrogens is 326 g/mol. The Morgan fingerprint density at radius 3 is 2.86 bits per heavy atom. The van der Waals surface area contributed by atoms with Crippen LogP contribution in [0.25, 0.3) is 0 Å². The van der Waals surface area contributed by atoms with Crippen molar-refractivity contribution in [1.29, 1.82) is 0 Å². The van der Waals surface area contributed by atoms with Crippen molar-refractivity contribution in [3.05, 3.63) is 27.7 Å². The Bertz CT molecular complexity index is 459. The molecule has 0 saturated heterocycles. The van der Waals surface area contributed by atoms with Gasteiger partial charge in [0, 0.05) is 16.9 Å². The Balaban J connectivity index is 2.00. The van der Waals surface area contributed by atoms with E-state index in [4.69, 9.17) is 4.74 Å². The van der Waals surface area contributed by atoms with Crippen molar-refractivity contribution in [3.63, 3.8) is 0 Å². The number of benzene rings is 1. The molecule has 0 aromatic heterocycles. The Kier molecular flexibility index (Phi) is 6.56. The second-order valence-corrected chi connectivity index (χ2v) is 7.39. The molecule has 118 valence electrons. The largest absolute Gasteiger partial charge is 0.493 e. The van der Waals surface area contributed by atoms with Crippen molar-refractivity contribution in [2.45, 2.75) is 58.9 Å². The Morgan fingerprint density at radius 2 is 2.14 bits per heavy atom. The van der Waals surface area contributed by atoms with Gasteiger partial charge in [-0.15, -0.1) is 0 Å². The second kappa shape index (κ2) is 8.19. The normalized spacial score (nSPS) is 15.1. The van der Waals surface area contributed by atoms with Gasteiger partial charge in [-0.05, 0) is 61.4 Å². The minimum atomic E-state index is 0.612. The maximum Gasteiger partial charge on any atom is 0.125 e. The first-order valence-electron chi connectivity index (χ1n) is 8.27. The quantitative estimate of drug-likeness (QED) is 0.729. The van der Waals surface area contributed by atoms with Gasteiger partial charge in [0.05, 0.1) is 6.61 Å². The summed E-state index contributed by atoms with van der Waals surface area (Å²) in [5.74, 6) is 1.89. The van der Waals surface area contributed by atoms with Crippen molar-refractivity contribution in [3.8, 4) is 5.75 Å². The summed E-state index contributed by atoms with van der Waals surface area (Å²) in [6.45, 7) is 8.79. The molecular formula is C18H28BrNO. The van der Waals surface area contributed by atoms with Crippen LogP contribution in [-0.2, 0) is 12.8 Å². The zero-order valence-corrected chi connectivity index (χ0v) is 15.1. The molecule has 1 aromatic carbocycles. The fraction of sp³-hybridized carbons (Fsp3) is 0.667. The summed E-state index contributed by atoms with van der Waals surface area (Å²) < 4.78 is 7.02. The first-order valence-corrected chi connectivity index (χ1v) is 9.07. The van der Waals surface area contributed by atoms with Gasteiger partial charge in [0.1, 0.15) is 5.75 Å². The Hall–Kier alpha value is -0.540. The monoisotopic (exact) mass is 353 g/mol. The van der Waals surface area contributed by atoms with Crippen LogP contribution >= 0.6 is 15.9 Å². The van der Waals surface area contributed by atoms with Gasteiger partial charge in [-0.3, -0.25) is 0 Å². The van der Waals surface area contributed by atoms with Crippen LogP contribution in [0.5, 0.6) is 5.75 Å². The molecule has 0 fully saturated rings. The van der Waals surface area contributed by atoms with E-state index < -0.39 is 0 Å². The number of rotatable bonds is 8. The number of hydrogen-bond donors (Lipinski definition) is 1. The van der Waals surface area contributed by atoms with Crippen LogP contribution in [0, 0.1) is 5.92 Å². The predicted molar refractivity (Wildman–Crippen MR) is 93.2 cm³/mol. The molecule has 0 aliphatic carbocycles. The van der Waals surface area contributed by atoms with Crippen molar-refractivity contribution in [2.75, 3.05) is 13.2 Å². The minimum absolute atomic E-state index is 0.612. The summed E-state index contributed by atoms with van der Waals surface area (Å²) in [5, 5.41) is 3.70. The lowest BCUT2D eigenvalue weighted by molar-refractivity contribution is 0.350. The van der Waals surface area contributed by atoms with E-state index in [0.29, 0.717) is 6.04 Å². The van der Waals surface area contributed by atoms with Gasteiger partial charge < -0.3 is 10.1 Å². The van der Waals surface area contributed by atoms with Gasteiger partial charge >= 0.3 is 0 Å². The molecule has 3 heteroatoms. The van der Waals surface area contributed by atoms with Crippen LogP contribution in [0.3, 0.4) is 0 Å². The highest BCUT2D eigenvalue weighted by Crippen LogP contribution is 2.34. The van der Waals surface area contributed by atoms with E-state index in [9.17, 15) is 0 Å². The summed E-state index contributed by atoms with van der Waals surface area (Å²) in [4.78, 5) is 0. The zero-order chi connectivity index (χ0) is 15.2. The highest BCUT2D eigenvalue weighted by Gasteiger charge is 2.18. The van der Waals surface area contributed by atoms with E-state index >= 15 is 0 Å². The lowest BCUT2D eigenvalue weighted by Gasteiger charge is -2.21. The number of fused-ring (bicyclic) bond motifs is 1. The molecule has 0 amide bonds. The van der Waals surface area contributed by atoms with Gasteiger partial charge in [-0.25, -0.2) is 0 Å². The fourth-order valence-electron chi connectivity index (χ4n) is 3.08. The molecule has 1 aliphatic heterocycles. The lowest BCUT2D eigenvalue weighted by atomic mass is 9.96. The average molecular weight is 354 g/mol. The molecule has 1 aromatic rings. The van der Waals surface area contributed by atoms with Gasteiger partial charge in [0.15, 0.2) is 0 Å². The number of halogens is 1. The smallest absolute Gasteiger partial charge is 0.125 e. The second-order valence-electron chi connectivity index (χ2n) is 6.47. The molecule has 1 unspecified atom stereocenters. The van der Waals surface area contributed by atoms with E-state index in [1.807, 2.05) is 0 Å². The summed E-state index contributed by atoms with van der Waals surface area (Å²) in [6.07, 6.45) is 5.77. The highest BCUT2D eigenvalue weighted by molar-refractivity contribution is 9.10. The van der Waals surface area contributed by atoms with Crippen LogP contribution in [0.2, 0.25) is 0 Å². The third kappa shape index (κ3) is 5.00. The summed E-state index contributed by atoms with van der Waals surface area (Å²) in [7, 11) is 0. The topological polar surface area (TPSA) is 21.3 Å². The molecule has 1 aliphatic rings. The third-order valence-electron chi connectivity index (χ3n) is 4.03. The van der Waals surface area contributed by atoms with Crippen molar-refractivity contribution < 1.29 is 4.74 Å². The van der Waals surface area contributed by atoms with Crippen molar-refractivity contribution in [1.82, 2.24) is 5.32 Å². The van der Waals surface area contributed by atoms with Crippen LogP contribution in [0.4, 0.5) is 0 Å². The van der Waals surface area contributed by atoms with E-state index in [1.165, 1.54) is 34.9 Å². The lowest BCUT2D eigenvalue weighted by Crippen LogP contribution is -2.31. The standard InChI is InChI=1S/C18H28BrNO/c1-4-8-20-17(10-13(2)3)6-5-14-11-16(19)12-15-7-9-21-18(14)15/h11-13,17,20H,4-10H2,1-3H3. The fourth-order valence-corrected chi connectivity index (χ4v) is 3.63. The molecule has 2 nitrogen and oxygen atoms in total. The van der Waals surface area contributed by atoms with E-state index in [1.54, 1.807) is 0 Å². The van der Waals surface area contributed by atoms with Gasteiger partial charge in [0.25, 0.3) is 0 Å². The number of aryl methyl sites for hydroxylation is 1. The van der Waals surface area contributed by atoms with Crippen LogP contribution < -0.4 is 10.1 Å². The molecule has 2 rings (SSSR count). The summed E-state index contributed by atoms with van der Waals surface area (Å²) >= 11 is 3.63. The Labute approximate surface area is 137 Å². The van der Waals surface area contributed by atoms with Gasteiger partial charge in [-0.2, -0.15) is 0 Å². The molecule has 0 bridgehead atoms. The summed E-state index contributed by atoms with van der Waals surface area (Å²) in [5.41, 5.74) is 2.73. The number of nitrogens with one attached hydrogen (secondary N) is 1. The SMILES string of the molecule is CCCNC(CCc1cc(Br)cc2c1OCC2)CC(C)C. The van der Waals surface area contributed by atoms with Crippen molar-refractivity contribution >= 4 is 15.9 Å². The molecule has 0 spiro atoms. The average Bonchev–Trinajstić information content (AvgIpc) is 2.89. The molecule has 1 heterocycles. The number of hydrogen-bond acceptors (Lipinski definition) is 2. The van der Waals surface area contributed by atoms with E-state index in [0.717, 1.165) is 37.7 Å². The first kappa shape index (κ1) is 16.8.